The average Bonchev–Trinajstić information content (AvgIpc) is 2.99. The quantitative estimate of drug-likeness (QED) is 0.706. The van der Waals surface area contributed by atoms with E-state index in [1.807, 2.05) is 53.4 Å². The molecular weight excluding hydrogens is 346 g/mol. The van der Waals surface area contributed by atoms with Crippen LogP contribution < -0.4 is 10.2 Å². The first-order valence-corrected chi connectivity index (χ1v) is 8.89. The maximum atomic E-state index is 13.1. The van der Waals surface area contributed by atoms with Crippen molar-refractivity contribution in [3.8, 4) is 0 Å². The van der Waals surface area contributed by atoms with Crippen LogP contribution in [0.3, 0.4) is 0 Å². The molecule has 0 fully saturated rings. The molecule has 1 aliphatic heterocycles. The zero-order chi connectivity index (χ0) is 18.1. The van der Waals surface area contributed by atoms with Crippen LogP contribution in [0.5, 0.6) is 0 Å². The lowest BCUT2D eigenvalue weighted by molar-refractivity contribution is 0.0981. The van der Waals surface area contributed by atoms with Gasteiger partial charge in [0, 0.05) is 28.6 Å². The molecule has 3 aromatic rings. The molecule has 1 unspecified atom stereocenters. The molecule has 1 aromatic heterocycles. The van der Waals surface area contributed by atoms with E-state index in [4.69, 9.17) is 11.6 Å². The fraction of sp³-hybridized carbons (Fsp3) is 0.143. The largest absolute Gasteiger partial charge is 0.354 e. The molecule has 0 saturated carbocycles. The maximum Gasteiger partial charge on any atom is 0.260 e. The van der Waals surface area contributed by atoms with Gasteiger partial charge in [-0.15, -0.1) is 0 Å². The number of carbonyl (C=O) groups is 1. The van der Waals surface area contributed by atoms with E-state index >= 15 is 0 Å². The summed E-state index contributed by atoms with van der Waals surface area (Å²) < 4.78 is 0. The van der Waals surface area contributed by atoms with Crippen molar-refractivity contribution in [2.45, 2.75) is 19.4 Å². The van der Waals surface area contributed by atoms with Gasteiger partial charge >= 0.3 is 0 Å². The first kappa shape index (κ1) is 16.6. The van der Waals surface area contributed by atoms with Crippen LogP contribution in [-0.2, 0) is 6.42 Å². The highest BCUT2D eigenvalue weighted by Crippen LogP contribution is 2.33. The Hall–Kier alpha value is -2.85. The van der Waals surface area contributed by atoms with E-state index in [1.54, 1.807) is 12.4 Å². The molecule has 0 radical (unpaired) electrons. The molecule has 2 aromatic carbocycles. The molecule has 130 valence electrons. The number of carbonyl (C=O) groups excluding carboxylic acids is 1. The number of pyridine rings is 1. The minimum Gasteiger partial charge on any atom is -0.354 e. The predicted octanol–water partition coefficient (Wildman–Crippen LogP) is 5.07. The summed E-state index contributed by atoms with van der Waals surface area (Å²) in [7, 11) is 0. The molecule has 26 heavy (non-hydrogen) atoms. The molecule has 0 aliphatic carbocycles. The van der Waals surface area contributed by atoms with Crippen molar-refractivity contribution < 1.29 is 4.79 Å². The van der Waals surface area contributed by atoms with Gasteiger partial charge in [-0.3, -0.25) is 9.78 Å². The molecule has 0 bridgehead atoms. The van der Waals surface area contributed by atoms with Crippen LogP contribution in [-0.4, -0.2) is 16.9 Å². The van der Waals surface area contributed by atoms with Crippen molar-refractivity contribution in [1.82, 2.24) is 4.98 Å². The number of hydrogen-bond donors (Lipinski definition) is 1. The summed E-state index contributed by atoms with van der Waals surface area (Å²) in [5.41, 5.74) is 4.41. The fourth-order valence-corrected chi connectivity index (χ4v) is 3.47. The second-order valence-electron chi connectivity index (χ2n) is 6.45. The fourth-order valence-electron chi connectivity index (χ4n) is 3.34. The Morgan fingerprint density at radius 1 is 1.12 bits per heavy atom. The van der Waals surface area contributed by atoms with Gasteiger partial charge in [0.1, 0.15) is 0 Å². The highest BCUT2D eigenvalue weighted by atomic mass is 35.5. The van der Waals surface area contributed by atoms with E-state index in [1.165, 1.54) is 5.56 Å². The van der Waals surface area contributed by atoms with Crippen molar-refractivity contribution in [2.75, 3.05) is 10.2 Å². The Balaban J connectivity index is 1.60. The number of para-hydroxylation sites is 1. The molecule has 1 amide bonds. The minimum atomic E-state index is -0.0327. The van der Waals surface area contributed by atoms with Crippen molar-refractivity contribution in [1.29, 1.82) is 0 Å². The van der Waals surface area contributed by atoms with E-state index in [0.29, 0.717) is 10.6 Å². The van der Waals surface area contributed by atoms with Crippen LogP contribution in [0.4, 0.5) is 17.1 Å². The third-order valence-corrected chi connectivity index (χ3v) is 4.80. The topological polar surface area (TPSA) is 45.2 Å². The van der Waals surface area contributed by atoms with E-state index in [9.17, 15) is 4.79 Å². The van der Waals surface area contributed by atoms with Crippen LogP contribution in [0.1, 0.15) is 22.8 Å². The number of amides is 1. The van der Waals surface area contributed by atoms with E-state index < -0.39 is 0 Å². The maximum absolute atomic E-state index is 13.1. The summed E-state index contributed by atoms with van der Waals surface area (Å²) in [6.45, 7) is 2.07. The van der Waals surface area contributed by atoms with Gasteiger partial charge in [0.05, 0.1) is 17.4 Å². The van der Waals surface area contributed by atoms with Gasteiger partial charge in [-0.25, -0.2) is 0 Å². The minimum absolute atomic E-state index is 0.0327. The van der Waals surface area contributed by atoms with Crippen LogP contribution in [0, 0.1) is 0 Å². The normalized spacial score (nSPS) is 15.6. The van der Waals surface area contributed by atoms with E-state index in [0.717, 1.165) is 23.5 Å². The van der Waals surface area contributed by atoms with Crippen LogP contribution >= 0.6 is 11.6 Å². The molecule has 1 aliphatic rings. The summed E-state index contributed by atoms with van der Waals surface area (Å²) >= 11 is 5.92. The van der Waals surface area contributed by atoms with Gasteiger partial charge in [0.2, 0.25) is 0 Å². The summed E-state index contributed by atoms with van der Waals surface area (Å²) in [6.07, 6.45) is 4.19. The monoisotopic (exact) mass is 363 g/mol. The van der Waals surface area contributed by atoms with Gasteiger partial charge in [-0.1, -0.05) is 29.8 Å². The molecule has 4 nitrogen and oxygen atoms in total. The Bertz CT molecular complexity index is 955. The number of aromatic nitrogens is 1. The molecule has 0 spiro atoms. The van der Waals surface area contributed by atoms with Gasteiger partial charge in [0.15, 0.2) is 0 Å². The van der Waals surface area contributed by atoms with E-state index in [-0.39, 0.29) is 11.9 Å². The first-order chi connectivity index (χ1) is 12.6. The lowest BCUT2D eigenvalue weighted by atomic mass is 10.1. The number of hydrogen-bond acceptors (Lipinski definition) is 3. The third kappa shape index (κ3) is 3.16. The number of anilines is 3. The Morgan fingerprint density at radius 3 is 2.69 bits per heavy atom. The molecule has 1 atom stereocenters. The number of rotatable bonds is 3. The Labute approximate surface area is 157 Å². The Kier molecular flexibility index (Phi) is 4.35. The smallest absolute Gasteiger partial charge is 0.260 e. The van der Waals surface area contributed by atoms with Crippen molar-refractivity contribution in [3.05, 3.63) is 83.1 Å². The number of nitrogens with one attached hydrogen (secondary N) is 1. The van der Waals surface area contributed by atoms with Crippen LogP contribution in [0.15, 0.2) is 67.0 Å². The number of fused-ring (bicyclic) bond motifs is 1. The lowest BCUT2D eigenvalue weighted by Crippen LogP contribution is -2.35. The second-order valence-corrected chi connectivity index (χ2v) is 6.89. The van der Waals surface area contributed by atoms with Gasteiger partial charge in [-0.05, 0) is 55.3 Å². The predicted molar refractivity (Wildman–Crippen MR) is 105 cm³/mol. The highest BCUT2D eigenvalue weighted by molar-refractivity contribution is 6.30. The van der Waals surface area contributed by atoms with Gasteiger partial charge in [-0.2, -0.15) is 0 Å². The first-order valence-electron chi connectivity index (χ1n) is 8.51. The standard InChI is InChI=1S/C21H18ClN3O/c1-14-10-15-4-2-3-5-20(15)25(14)21(26)16-11-19(13-23-12-16)24-18-8-6-17(22)7-9-18/h2-9,11-14,24H,10H2,1H3. The molecule has 5 heteroatoms. The van der Waals surface area contributed by atoms with Crippen molar-refractivity contribution in [2.24, 2.45) is 0 Å². The summed E-state index contributed by atoms with van der Waals surface area (Å²) in [4.78, 5) is 19.2. The molecule has 2 heterocycles. The zero-order valence-corrected chi connectivity index (χ0v) is 15.1. The van der Waals surface area contributed by atoms with Gasteiger partial charge < -0.3 is 10.2 Å². The van der Waals surface area contributed by atoms with Crippen molar-refractivity contribution >= 4 is 34.6 Å². The van der Waals surface area contributed by atoms with Crippen LogP contribution in [0.25, 0.3) is 0 Å². The highest BCUT2D eigenvalue weighted by Gasteiger charge is 2.31. The second kappa shape index (κ2) is 6.81. The number of halogens is 1. The van der Waals surface area contributed by atoms with E-state index in [2.05, 4.69) is 23.3 Å². The summed E-state index contributed by atoms with van der Waals surface area (Å²) in [5, 5.41) is 3.94. The molecule has 4 rings (SSSR count). The summed E-state index contributed by atoms with van der Waals surface area (Å²) in [6, 6.07) is 17.4. The Morgan fingerprint density at radius 2 is 1.88 bits per heavy atom. The summed E-state index contributed by atoms with van der Waals surface area (Å²) in [5.74, 6) is -0.0327. The third-order valence-electron chi connectivity index (χ3n) is 4.54. The zero-order valence-electron chi connectivity index (χ0n) is 14.3. The molecule has 0 saturated heterocycles. The molecular formula is C21H18ClN3O. The molecule has 1 N–H and O–H groups in total. The SMILES string of the molecule is CC1Cc2ccccc2N1C(=O)c1cncc(Nc2ccc(Cl)cc2)c1. The lowest BCUT2D eigenvalue weighted by Gasteiger charge is -2.23. The van der Waals surface area contributed by atoms with Gasteiger partial charge in [0.25, 0.3) is 5.91 Å². The van der Waals surface area contributed by atoms with Crippen LogP contribution in [0.2, 0.25) is 5.02 Å². The van der Waals surface area contributed by atoms with Crippen molar-refractivity contribution in [3.63, 3.8) is 0 Å². The number of nitrogens with zero attached hydrogens (tertiary/aromatic N) is 2. The average molecular weight is 364 g/mol. The number of benzene rings is 2.